The van der Waals surface area contributed by atoms with E-state index in [1.165, 1.54) is 36.2 Å². The molecule has 4 aromatic rings. The van der Waals surface area contributed by atoms with Crippen molar-refractivity contribution in [2.24, 2.45) is 0 Å². The number of hydrogen-bond donors (Lipinski definition) is 0. The molecule has 29 heavy (non-hydrogen) atoms. The Hall–Kier alpha value is -3.31. The molecule has 0 atom stereocenters. The largest absolute Gasteiger partial charge is 0.480 e. The van der Waals surface area contributed by atoms with Crippen LogP contribution >= 0.6 is 15.9 Å². The molecule has 0 saturated heterocycles. The Labute approximate surface area is 173 Å². The summed E-state index contributed by atoms with van der Waals surface area (Å²) < 4.78 is 36.2. The minimum absolute atomic E-state index is 0.280. The average molecular weight is 455 g/mol. The third-order valence-electron chi connectivity index (χ3n) is 4.47. The molecule has 144 valence electrons. The Morgan fingerprint density at radius 2 is 1.83 bits per heavy atom. The molecule has 0 spiro atoms. The van der Waals surface area contributed by atoms with Crippen LogP contribution in [0.1, 0.15) is 5.56 Å². The zero-order valence-electron chi connectivity index (χ0n) is 15.2. The molecule has 0 N–H and O–H groups in total. The number of para-hydroxylation sites is 1. The Morgan fingerprint density at radius 1 is 1.14 bits per heavy atom. The van der Waals surface area contributed by atoms with Crippen LogP contribution in [0.25, 0.3) is 27.8 Å². The highest BCUT2D eigenvalue weighted by molar-refractivity contribution is 9.10. The fraction of sp³-hybridized carbons (Fsp3) is 0.0952. The molecule has 0 amide bonds. The van der Waals surface area contributed by atoms with Crippen molar-refractivity contribution in [2.75, 3.05) is 7.11 Å². The molecule has 0 aliphatic carbocycles. The predicted octanol–water partition coefficient (Wildman–Crippen LogP) is 5.20. The molecule has 4 rings (SSSR count). The van der Waals surface area contributed by atoms with Crippen molar-refractivity contribution >= 4 is 26.8 Å². The number of rotatable bonds is 4. The number of methoxy groups -OCH3 is 1. The van der Waals surface area contributed by atoms with Crippen molar-refractivity contribution in [1.29, 1.82) is 5.26 Å². The van der Waals surface area contributed by atoms with Crippen molar-refractivity contribution in [1.82, 2.24) is 14.8 Å². The number of fused-ring (bicyclic) bond motifs is 1. The van der Waals surface area contributed by atoms with Gasteiger partial charge in [-0.25, -0.2) is 18.4 Å². The summed E-state index contributed by atoms with van der Waals surface area (Å²) in [5, 5.41) is 13.9. The van der Waals surface area contributed by atoms with E-state index in [-0.39, 0.29) is 18.0 Å². The van der Waals surface area contributed by atoms with Gasteiger partial charge in [0, 0.05) is 11.8 Å². The SMILES string of the molecule is COc1ncc(Br)c2c1c(-c1ccc(CC#N)cc1)nn2-c1c(F)cccc1F. The number of hydrogen-bond acceptors (Lipinski definition) is 4. The van der Waals surface area contributed by atoms with E-state index in [2.05, 4.69) is 32.1 Å². The average Bonchev–Trinajstić information content (AvgIpc) is 3.10. The maximum Gasteiger partial charge on any atom is 0.225 e. The number of pyridine rings is 1. The fourth-order valence-electron chi connectivity index (χ4n) is 3.16. The lowest BCUT2D eigenvalue weighted by molar-refractivity contribution is 0.403. The first-order valence-electron chi connectivity index (χ1n) is 8.57. The zero-order chi connectivity index (χ0) is 20.5. The molecular weight excluding hydrogens is 442 g/mol. The van der Waals surface area contributed by atoms with E-state index in [0.717, 1.165) is 5.56 Å². The molecular formula is C21H13BrF2N4O. The summed E-state index contributed by atoms with van der Waals surface area (Å²) in [4.78, 5) is 4.26. The van der Waals surface area contributed by atoms with Crippen molar-refractivity contribution in [3.63, 3.8) is 0 Å². The summed E-state index contributed by atoms with van der Waals surface area (Å²) in [6, 6.07) is 13.0. The molecule has 0 aliphatic heterocycles. The number of nitrogens with zero attached hydrogens (tertiary/aromatic N) is 4. The van der Waals surface area contributed by atoms with Gasteiger partial charge in [0.05, 0.1) is 35.0 Å². The first-order chi connectivity index (χ1) is 14.0. The summed E-state index contributed by atoms with van der Waals surface area (Å²) in [5.41, 5.74) is 2.14. The smallest absolute Gasteiger partial charge is 0.225 e. The Balaban J connectivity index is 2.06. The van der Waals surface area contributed by atoms with Crippen LogP contribution in [0.5, 0.6) is 5.88 Å². The van der Waals surface area contributed by atoms with E-state index in [0.29, 0.717) is 26.6 Å². The van der Waals surface area contributed by atoms with Gasteiger partial charge in [-0.15, -0.1) is 0 Å². The minimum atomic E-state index is -0.743. The van der Waals surface area contributed by atoms with Crippen LogP contribution in [-0.2, 0) is 6.42 Å². The lowest BCUT2D eigenvalue weighted by Gasteiger charge is -2.08. The highest BCUT2D eigenvalue weighted by Crippen LogP contribution is 2.39. The molecule has 0 aliphatic rings. The quantitative estimate of drug-likeness (QED) is 0.424. The fourth-order valence-corrected chi connectivity index (χ4v) is 3.63. The van der Waals surface area contributed by atoms with Crippen LogP contribution in [0.4, 0.5) is 8.78 Å². The van der Waals surface area contributed by atoms with Crippen LogP contribution in [-0.4, -0.2) is 21.9 Å². The molecule has 2 aromatic heterocycles. The third kappa shape index (κ3) is 3.23. The number of benzene rings is 2. The second kappa shape index (κ2) is 7.60. The first-order valence-corrected chi connectivity index (χ1v) is 9.36. The molecule has 0 unspecified atom stereocenters. The first kappa shape index (κ1) is 19.0. The molecule has 0 fully saturated rings. The standard InChI is InChI=1S/C21H13BrF2N4O/c1-29-21-17-18(13-7-5-12(6-8-13)9-10-25)27-28(19(17)14(22)11-26-21)20-15(23)3-2-4-16(20)24/h2-8,11H,9H2,1H3. The Kier molecular flexibility index (Phi) is 4.99. The third-order valence-corrected chi connectivity index (χ3v) is 5.05. The summed E-state index contributed by atoms with van der Waals surface area (Å²) in [6.45, 7) is 0. The second-order valence-electron chi connectivity index (χ2n) is 6.20. The van der Waals surface area contributed by atoms with Gasteiger partial charge in [0.2, 0.25) is 5.88 Å². The highest BCUT2D eigenvalue weighted by Gasteiger charge is 2.24. The van der Waals surface area contributed by atoms with Gasteiger partial charge < -0.3 is 4.74 Å². The summed E-state index contributed by atoms with van der Waals surface area (Å²) in [6.07, 6.45) is 1.78. The van der Waals surface area contributed by atoms with Gasteiger partial charge in [0.15, 0.2) is 11.6 Å². The van der Waals surface area contributed by atoms with Crippen molar-refractivity contribution in [3.8, 4) is 28.9 Å². The van der Waals surface area contributed by atoms with Gasteiger partial charge in [-0.05, 0) is 33.6 Å². The monoisotopic (exact) mass is 454 g/mol. The number of ether oxygens (including phenoxy) is 1. The number of nitriles is 1. The van der Waals surface area contributed by atoms with Gasteiger partial charge in [-0.3, -0.25) is 0 Å². The molecule has 0 saturated carbocycles. The lowest BCUT2D eigenvalue weighted by Crippen LogP contribution is -2.04. The molecule has 0 bridgehead atoms. The van der Waals surface area contributed by atoms with E-state index in [1.807, 2.05) is 12.1 Å². The summed E-state index contributed by atoms with van der Waals surface area (Å²) in [5.74, 6) is -1.21. The van der Waals surface area contributed by atoms with Crippen molar-refractivity contribution in [2.45, 2.75) is 6.42 Å². The van der Waals surface area contributed by atoms with E-state index < -0.39 is 11.6 Å². The van der Waals surface area contributed by atoms with Crippen LogP contribution in [0, 0.1) is 23.0 Å². The highest BCUT2D eigenvalue weighted by atomic mass is 79.9. The van der Waals surface area contributed by atoms with E-state index in [1.54, 1.807) is 12.1 Å². The Bertz CT molecular complexity index is 1240. The normalized spacial score (nSPS) is 10.9. The van der Waals surface area contributed by atoms with Crippen molar-refractivity contribution < 1.29 is 13.5 Å². The summed E-state index contributed by atoms with van der Waals surface area (Å²) >= 11 is 3.42. The maximum absolute atomic E-state index is 14.5. The maximum atomic E-state index is 14.5. The second-order valence-corrected chi connectivity index (χ2v) is 7.06. The molecule has 2 heterocycles. The van der Waals surface area contributed by atoms with Gasteiger partial charge in [0.1, 0.15) is 11.4 Å². The molecule has 2 aromatic carbocycles. The molecule has 8 heteroatoms. The van der Waals surface area contributed by atoms with Crippen LogP contribution < -0.4 is 4.74 Å². The van der Waals surface area contributed by atoms with E-state index >= 15 is 0 Å². The minimum Gasteiger partial charge on any atom is -0.480 e. The molecule has 5 nitrogen and oxygen atoms in total. The van der Waals surface area contributed by atoms with Gasteiger partial charge in [0.25, 0.3) is 0 Å². The van der Waals surface area contributed by atoms with Gasteiger partial charge in [-0.1, -0.05) is 30.3 Å². The van der Waals surface area contributed by atoms with E-state index in [4.69, 9.17) is 10.00 Å². The number of aromatic nitrogens is 3. The van der Waals surface area contributed by atoms with Gasteiger partial charge in [-0.2, -0.15) is 10.4 Å². The predicted molar refractivity (Wildman–Crippen MR) is 108 cm³/mol. The van der Waals surface area contributed by atoms with E-state index in [9.17, 15) is 8.78 Å². The van der Waals surface area contributed by atoms with Gasteiger partial charge >= 0.3 is 0 Å². The number of halogens is 3. The zero-order valence-corrected chi connectivity index (χ0v) is 16.7. The van der Waals surface area contributed by atoms with Crippen molar-refractivity contribution in [3.05, 3.63) is 70.3 Å². The van der Waals surface area contributed by atoms with Crippen LogP contribution in [0.15, 0.2) is 53.1 Å². The summed E-state index contributed by atoms with van der Waals surface area (Å²) in [7, 11) is 1.47. The Morgan fingerprint density at radius 3 is 2.45 bits per heavy atom. The van der Waals surface area contributed by atoms with Crippen LogP contribution in [0.3, 0.4) is 0 Å². The van der Waals surface area contributed by atoms with Crippen LogP contribution in [0.2, 0.25) is 0 Å². The molecule has 0 radical (unpaired) electrons. The lowest BCUT2D eigenvalue weighted by atomic mass is 10.1. The topological polar surface area (TPSA) is 63.7 Å².